The second kappa shape index (κ2) is 5.93. The van der Waals surface area contributed by atoms with Crippen molar-refractivity contribution in [1.82, 2.24) is 10.2 Å². The van der Waals surface area contributed by atoms with E-state index in [1.807, 2.05) is 18.7 Å². The van der Waals surface area contributed by atoms with Gasteiger partial charge in [-0.25, -0.2) is 0 Å². The minimum atomic E-state index is -0.789. The van der Waals surface area contributed by atoms with E-state index >= 15 is 0 Å². The average molecular weight is 268 g/mol. The van der Waals surface area contributed by atoms with Crippen LogP contribution in [0.5, 0.6) is 0 Å². The third-order valence-electron chi connectivity index (χ3n) is 3.85. The highest BCUT2D eigenvalue weighted by molar-refractivity contribution is 5.99. The van der Waals surface area contributed by atoms with Gasteiger partial charge in [-0.1, -0.05) is 33.6 Å². The van der Waals surface area contributed by atoms with Gasteiger partial charge in [0.1, 0.15) is 11.6 Å². The summed E-state index contributed by atoms with van der Waals surface area (Å²) < 4.78 is 0. The van der Waals surface area contributed by atoms with Gasteiger partial charge in [0, 0.05) is 6.04 Å². The van der Waals surface area contributed by atoms with Crippen LogP contribution < -0.4 is 5.32 Å². The van der Waals surface area contributed by atoms with E-state index in [1.54, 1.807) is 13.8 Å². The smallest absolute Gasteiger partial charge is 0.248 e. The summed E-state index contributed by atoms with van der Waals surface area (Å²) in [5.74, 6) is 0.140. The Bertz CT molecular complexity index is 350. The molecule has 0 radical (unpaired) electrons. The molecule has 0 spiro atoms. The molecule has 4 nitrogen and oxygen atoms in total. The lowest BCUT2D eigenvalue weighted by molar-refractivity contribution is -0.158. The van der Waals surface area contributed by atoms with Gasteiger partial charge in [-0.05, 0) is 33.1 Å². The van der Waals surface area contributed by atoms with Gasteiger partial charge in [0.05, 0.1) is 0 Å². The molecule has 0 bridgehead atoms. The Morgan fingerprint density at radius 1 is 1.26 bits per heavy atom. The summed E-state index contributed by atoms with van der Waals surface area (Å²) in [6.07, 6.45) is 3.14. The zero-order valence-electron chi connectivity index (χ0n) is 13.1. The molecular formula is C15H28N2O2. The maximum atomic E-state index is 12.6. The van der Waals surface area contributed by atoms with E-state index < -0.39 is 5.54 Å². The van der Waals surface area contributed by atoms with E-state index in [2.05, 4.69) is 19.2 Å². The van der Waals surface area contributed by atoms with Crippen LogP contribution >= 0.6 is 0 Å². The lowest BCUT2D eigenvalue weighted by Gasteiger charge is -2.47. The zero-order chi connectivity index (χ0) is 14.8. The van der Waals surface area contributed by atoms with Crippen LogP contribution in [0.4, 0.5) is 0 Å². The Hall–Kier alpha value is -1.06. The van der Waals surface area contributed by atoms with Crippen LogP contribution in [0.15, 0.2) is 0 Å². The molecule has 0 aromatic heterocycles. The SMILES string of the molecule is CCCCC(C)N1C(=O)C(C)(C)NC(=O)C1C(C)C. The van der Waals surface area contributed by atoms with Crippen LogP contribution in [-0.4, -0.2) is 34.3 Å². The van der Waals surface area contributed by atoms with Crippen molar-refractivity contribution < 1.29 is 9.59 Å². The molecule has 0 aromatic rings. The summed E-state index contributed by atoms with van der Waals surface area (Å²) in [5.41, 5.74) is -0.789. The monoisotopic (exact) mass is 268 g/mol. The van der Waals surface area contributed by atoms with Gasteiger partial charge >= 0.3 is 0 Å². The van der Waals surface area contributed by atoms with Crippen molar-refractivity contribution in [3.63, 3.8) is 0 Å². The van der Waals surface area contributed by atoms with Crippen molar-refractivity contribution in [1.29, 1.82) is 0 Å². The molecule has 19 heavy (non-hydrogen) atoms. The van der Waals surface area contributed by atoms with E-state index in [9.17, 15) is 9.59 Å². The van der Waals surface area contributed by atoms with Crippen LogP contribution in [-0.2, 0) is 9.59 Å². The number of unbranched alkanes of at least 4 members (excludes halogenated alkanes) is 1. The van der Waals surface area contributed by atoms with Crippen LogP contribution in [0, 0.1) is 5.92 Å². The quantitative estimate of drug-likeness (QED) is 0.832. The summed E-state index contributed by atoms with van der Waals surface area (Å²) in [7, 11) is 0. The molecule has 1 heterocycles. The second-order valence-electron chi connectivity index (χ2n) is 6.51. The van der Waals surface area contributed by atoms with Crippen LogP contribution in [0.1, 0.15) is 60.8 Å². The Morgan fingerprint density at radius 2 is 1.84 bits per heavy atom. The lowest BCUT2D eigenvalue weighted by atomic mass is 9.89. The number of amides is 2. The number of rotatable bonds is 5. The summed E-state index contributed by atoms with van der Waals surface area (Å²) in [6.45, 7) is 11.7. The third-order valence-corrected chi connectivity index (χ3v) is 3.85. The molecule has 0 aliphatic carbocycles. The predicted octanol–water partition coefficient (Wildman–Crippen LogP) is 2.33. The number of carbonyl (C=O) groups excluding carboxylic acids is 2. The third kappa shape index (κ3) is 3.28. The zero-order valence-corrected chi connectivity index (χ0v) is 13.1. The molecular weight excluding hydrogens is 240 g/mol. The highest BCUT2D eigenvalue weighted by atomic mass is 16.2. The Balaban J connectivity index is 3.02. The normalized spacial score (nSPS) is 24.6. The molecule has 1 saturated heterocycles. The fourth-order valence-corrected chi connectivity index (χ4v) is 2.75. The van der Waals surface area contributed by atoms with E-state index in [0.29, 0.717) is 0 Å². The predicted molar refractivity (Wildman–Crippen MR) is 76.7 cm³/mol. The van der Waals surface area contributed by atoms with E-state index in [0.717, 1.165) is 19.3 Å². The van der Waals surface area contributed by atoms with Gasteiger partial charge in [-0.15, -0.1) is 0 Å². The van der Waals surface area contributed by atoms with Gasteiger partial charge in [-0.3, -0.25) is 9.59 Å². The standard InChI is InChI=1S/C15H28N2O2/c1-7-8-9-11(4)17-12(10(2)3)13(18)16-15(5,6)14(17)19/h10-12H,7-9H2,1-6H3,(H,16,18). The average Bonchev–Trinajstić information content (AvgIpc) is 2.29. The van der Waals surface area contributed by atoms with Crippen LogP contribution in [0.25, 0.3) is 0 Å². The number of nitrogens with zero attached hydrogens (tertiary/aromatic N) is 1. The summed E-state index contributed by atoms with van der Waals surface area (Å²) in [5, 5.41) is 2.85. The van der Waals surface area contributed by atoms with Gasteiger partial charge in [0.25, 0.3) is 0 Å². The molecule has 1 fully saturated rings. The molecule has 1 aliphatic heterocycles. The maximum Gasteiger partial charge on any atom is 0.248 e. The Morgan fingerprint density at radius 3 is 2.32 bits per heavy atom. The fourth-order valence-electron chi connectivity index (χ4n) is 2.75. The van der Waals surface area contributed by atoms with Gasteiger partial charge in [0.2, 0.25) is 11.8 Å². The minimum Gasteiger partial charge on any atom is -0.340 e. The first-order valence-electron chi connectivity index (χ1n) is 7.37. The summed E-state index contributed by atoms with van der Waals surface area (Å²) >= 11 is 0. The van der Waals surface area contributed by atoms with Crippen molar-refractivity contribution >= 4 is 11.8 Å². The van der Waals surface area contributed by atoms with E-state index in [-0.39, 0.29) is 29.8 Å². The highest BCUT2D eigenvalue weighted by Gasteiger charge is 2.47. The topological polar surface area (TPSA) is 49.4 Å². The number of nitrogens with one attached hydrogen (secondary N) is 1. The van der Waals surface area contributed by atoms with Gasteiger partial charge in [0.15, 0.2) is 0 Å². The van der Waals surface area contributed by atoms with Gasteiger partial charge < -0.3 is 10.2 Å². The van der Waals surface area contributed by atoms with Crippen LogP contribution in [0.2, 0.25) is 0 Å². The van der Waals surface area contributed by atoms with Crippen molar-refractivity contribution in [3.8, 4) is 0 Å². The first-order valence-corrected chi connectivity index (χ1v) is 7.37. The first kappa shape index (κ1) is 16.0. The molecule has 1 rings (SSSR count). The largest absolute Gasteiger partial charge is 0.340 e. The van der Waals surface area contributed by atoms with Crippen molar-refractivity contribution in [2.45, 2.75) is 78.4 Å². The Labute approximate surface area is 116 Å². The number of piperazine rings is 1. The molecule has 0 saturated carbocycles. The van der Waals surface area contributed by atoms with Crippen molar-refractivity contribution in [2.24, 2.45) is 5.92 Å². The lowest BCUT2D eigenvalue weighted by Crippen LogP contribution is -2.70. The summed E-state index contributed by atoms with van der Waals surface area (Å²) in [6, 6.07) is -0.224. The molecule has 110 valence electrons. The molecule has 0 aromatic carbocycles. The molecule has 4 heteroatoms. The van der Waals surface area contributed by atoms with Gasteiger partial charge in [-0.2, -0.15) is 0 Å². The van der Waals surface area contributed by atoms with E-state index in [4.69, 9.17) is 0 Å². The molecule has 2 atom stereocenters. The number of carbonyl (C=O) groups is 2. The van der Waals surface area contributed by atoms with E-state index in [1.165, 1.54) is 0 Å². The molecule has 2 unspecified atom stereocenters. The van der Waals surface area contributed by atoms with Crippen molar-refractivity contribution in [2.75, 3.05) is 0 Å². The maximum absolute atomic E-state index is 12.6. The van der Waals surface area contributed by atoms with Crippen LogP contribution in [0.3, 0.4) is 0 Å². The molecule has 2 amide bonds. The number of hydrogen-bond donors (Lipinski definition) is 1. The minimum absolute atomic E-state index is 0.0250. The fraction of sp³-hybridized carbons (Fsp3) is 0.867. The Kier molecular flexibility index (Phi) is 4.99. The second-order valence-corrected chi connectivity index (χ2v) is 6.51. The molecule has 1 aliphatic rings. The number of hydrogen-bond acceptors (Lipinski definition) is 2. The summed E-state index contributed by atoms with van der Waals surface area (Å²) in [4.78, 5) is 26.7. The van der Waals surface area contributed by atoms with Crippen molar-refractivity contribution in [3.05, 3.63) is 0 Å². The molecule has 1 N–H and O–H groups in total. The highest BCUT2D eigenvalue weighted by Crippen LogP contribution is 2.26. The first-order chi connectivity index (χ1) is 8.72.